The van der Waals surface area contributed by atoms with Crippen molar-refractivity contribution >= 4 is 22.7 Å². The minimum Gasteiger partial charge on any atom is -0.408 e. The average molecular weight is 283 g/mol. The van der Waals surface area contributed by atoms with Gasteiger partial charge in [0.2, 0.25) is 5.91 Å². The van der Waals surface area contributed by atoms with Crippen molar-refractivity contribution in [2.75, 3.05) is 5.73 Å². The number of carbonyl (C=O) groups is 1. The molecule has 6 heteroatoms. The predicted molar refractivity (Wildman–Crippen MR) is 78.9 cm³/mol. The first-order valence-corrected chi connectivity index (χ1v) is 6.33. The summed E-state index contributed by atoms with van der Waals surface area (Å²) in [4.78, 5) is 23.0. The summed E-state index contributed by atoms with van der Waals surface area (Å²) in [5, 5.41) is 0. The smallest absolute Gasteiger partial charge is 0.408 e. The van der Waals surface area contributed by atoms with Gasteiger partial charge >= 0.3 is 5.76 Å². The number of nitrogen functional groups attached to an aromatic ring is 1. The normalized spacial score (nSPS) is 10.9. The number of primary amides is 1. The van der Waals surface area contributed by atoms with E-state index in [0.29, 0.717) is 27.9 Å². The lowest BCUT2D eigenvalue weighted by atomic mass is 10.1. The Morgan fingerprint density at radius 2 is 1.95 bits per heavy atom. The van der Waals surface area contributed by atoms with Crippen LogP contribution in [0.25, 0.3) is 11.1 Å². The molecule has 3 aromatic rings. The third kappa shape index (κ3) is 2.27. The fraction of sp³-hybridized carbons (Fsp3) is 0.0667. The van der Waals surface area contributed by atoms with Crippen LogP contribution in [0.5, 0.6) is 0 Å². The van der Waals surface area contributed by atoms with Crippen molar-refractivity contribution in [1.29, 1.82) is 0 Å². The maximum absolute atomic E-state index is 11.9. The van der Waals surface area contributed by atoms with Crippen LogP contribution in [0.4, 0.5) is 5.69 Å². The summed E-state index contributed by atoms with van der Waals surface area (Å²) >= 11 is 0. The van der Waals surface area contributed by atoms with Crippen LogP contribution in [-0.2, 0) is 6.54 Å². The van der Waals surface area contributed by atoms with Crippen LogP contribution in [0.2, 0.25) is 0 Å². The topological polar surface area (TPSA) is 104 Å². The van der Waals surface area contributed by atoms with Gasteiger partial charge in [-0.05, 0) is 29.8 Å². The Labute approximate surface area is 119 Å². The Kier molecular flexibility index (Phi) is 2.98. The summed E-state index contributed by atoms with van der Waals surface area (Å²) in [6.45, 7) is 0.265. The number of hydrogen-bond donors (Lipinski definition) is 2. The van der Waals surface area contributed by atoms with E-state index >= 15 is 0 Å². The number of benzene rings is 2. The van der Waals surface area contributed by atoms with E-state index in [1.54, 1.807) is 30.3 Å². The Balaban J connectivity index is 2.05. The summed E-state index contributed by atoms with van der Waals surface area (Å²) in [7, 11) is 0. The van der Waals surface area contributed by atoms with Crippen molar-refractivity contribution in [2.24, 2.45) is 5.73 Å². The van der Waals surface area contributed by atoms with Crippen molar-refractivity contribution in [3.63, 3.8) is 0 Å². The van der Waals surface area contributed by atoms with Crippen molar-refractivity contribution in [3.05, 3.63) is 64.1 Å². The van der Waals surface area contributed by atoms with Crippen molar-refractivity contribution in [1.82, 2.24) is 4.57 Å². The van der Waals surface area contributed by atoms with E-state index in [1.165, 1.54) is 10.6 Å². The van der Waals surface area contributed by atoms with Gasteiger partial charge < -0.3 is 15.9 Å². The van der Waals surface area contributed by atoms with E-state index in [1.807, 2.05) is 6.07 Å². The second-order valence-corrected chi connectivity index (χ2v) is 4.70. The zero-order valence-electron chi connectivity index (χ0n) is 11.1. The molecule has 0 unspecified atom stereocenters. The Bertz CT molecular complexity index is 893. The highest BCUT2D eigenvalue weighted by Crippen LogP contribution is 2.18. The highest BCUT2D eigenvalue weighted by Gasteiger charge is 2.11. The van der Waals surface area contributed by atoms with Gasteiger partial charge in [-0.25, -0.2) is 4.79 Å². The number of anilines is 1. The monoisotopic (exact) mass is 283 g/mol. The van der Waals surface area contributed by atoms with Gasteiger partial charge in [0.05, 0.1) is 12.1 Å². The highest BCUT2D eigenvalue weighted by atomic mass is 16.4. The molecule has 6 nitrogen and oxygen atoms in total. The van der Waals surface area contributed by atoms with Crippen molar-refractivity contribution in [2.45, 2.75) is 6.54 Å². The third-order valence-corrected chi connectivity index (χ3v) is 3.33. The number of oxazole rings is 1. The molecular weight excluding hydrogens is 270 g/mol. The molecule has 1 heterocycles. The standard InChI is InChI=1S/C15H13N3O3/c16-11-7-9(14(17)19)5-6-10(11)8-18-12-3-1-2-4-13(12)21-15(18)20/h1-7H,8,16H2,(H2,17,19). The first-order valence-electron chi connectivity index (χ1n) is 6.33. The van der Waals surface area contributed by atoms with Crippen LogP contribution >= 0.6 is 0 Å². The fourth-order valence-corrected chi connectivity index (χ4v) is 2.23. The quantitative estimate of drug-likeness (QED) is 0.707. The maximum Gasteiger partial charge on any atom is 0.420 e. The lowest BCUT2D eigenvalue weighted by Gasteiger charge is -2.07. The molecule has 0 atom stereocenters. The van der Waals surface area contributed by atoms with Crippen LogP contribution in [0.15, 0.2) is 51.7 Å². The van der Waals surface area contributed by atoms with Crippen LogP contribution in [-0.4, -0.2) is 10.5 Å². The van der Waals surface area contributed by atoms with Gasteiger partial charge in [-0.3, -0.25) is 9.36 Å². The lowest BCUT2D eigenvalue weighted by molar-refractivity contribution is 0.100. The number of nitrogens with zero attached hydrogens (tertiary/aromatic N) is 1. The van der Waals surface area contributed by atoms with E-state index < -0.39 is 11.7 Å². The number of aromatic nitrogens is 1. The summed E-state index contributed by atoms with van der Waals surface area (Å²) in [6, 6.07) is 11.9. The zero-order valence-corrected chi connectivity index (χ0v) is 11.1. The molecule has 0 saturated heterocycles. The summed E-state index contributed by atoms with van der Waals surface area (Å²) < 4.78 is 6.66. The molecule has 0 bridgehead atoms. The molecule has 4 N–H and O–H groups in total. The molecule has 0 saturated carbocycles. The summed E-state index contributed by atoms with van der Waals surface area (Å²) in [6.07, 6.45) is 0. The average Bonchev–Trinajstić information content (AvgIpc) is 2.77. The van der Waals surface area contributed by atoms with Crippen LogP contribution in [0.3, 0.4) is 0 Å². The Morgan fingerprint density at radius 3 is 2.67 bits per heavy atom. The number of amides is 1. The first kappa shape index (κ1) is 13.0. The molecular formula is C15H13N3O3. The number of para-hydroxylation sites is 2. The Hall–Kier alpha value is -3.02. The van der Waals surface area contributed by atoms with Crippen LogP contribution in [0, 0.1) is 0 Å². The summed E-state index contributed by atoms with van der Waals surface area (Å²) in [5.74, 6) is -0.992. The summed E-state index contributed by atoms with van der Waals surface area (Å²) in [5.41, 5.74) is 13.8. The fourth-order valence-electron chi connectivity index (χ4n) is 2.23. The molecule has 0 aliphatic rings. The predicted octanol–water partition coefficient (Wildman–Crippen LogP) is 1.32. The zero-order chi connectivity index (χ0) is 15.0. The third-order valence-electron chi connectivity index (χ3n) is 3.33. The van der Waals surface area contributed by atoms with E-state index in [9.17, 15) is 9.59 Å². The molecule has 0 aliphatic carbocycles. The van der Waals surface area contributed by atoms with E-state index in [2.05, 4.69) is 0 Å². The second-order valence-electron chi connectivity index (χ2n) is 4.70. The molecule has 1 aromatic heterocycles. The maximum atomic E-state index is 11.9. The SMILES string of the molecule is NC(=O)c1ccc(Cn2c(=O)oc3ccccc32)c(N)c1. The lowest BCUT2D eigenvalue weighted by Crippen LogP contribution is -2.16. The van der Waals surface area contributed by atoms with Gasteiger partial charge in [0, 0.05) is 11.3 Å². The number of hydrogen-bond acceptors (Lipinski definition) is 4. The minimum atomic E-state index is -0.542. The minimum absolute atomic E-state index is 0.265. The van der Waals surface area contributed by atoms with Crippen LogP contribution in [0.1, 0.15) is 15.9 Å². The molecule has 0 fully saturated rings. The van der Waals surface area contributed by atoms with E-state index in [-0.39, 0.29) is 6.54 Å². The first-order chi connectivity index (χ1) is 10.1. The molecule has 3 rings (SSSR count). The second kappa shape index (κ2) is 4.82. The number of carbonyl (C=O) groups excluding carboxylic acids is 1. The van der Waals surface area contributed by atoms with Gasteiger partial charge in [-0.2, -0.15) is 0 Å². The molecule has 1 amide bonds. The number of rotatable bonds is 3. The molecule has 0 aliphatic heterocycles. The highest BCUT2D eigenvalue weighted by molar-refractivity contribution is 5.93. The molecule has 0 radical (unpaired) electrons. The van der Waals surface area contributed by atoms with Gasteiger partial charge in [-0.15, -0.1) is 0 Å². The van der Waals surface area contributed by atoms with E-state index in [4.69, 9.17) is 15.9 Å². The molecule has 106 valence electrons. The van der Waals surface area contributed by atoms with Gasteiger partial charge in [-0.1, -0.05) is 18.2 Å². The number of nitrogens with two attached hydrogens (primary N) is 2. The Morgan fingerprint density at radius 1 is 1.19 bits per heavy atom. The van der Waals surface area contributed by atoms with Gasteiger partial charge in [0.1, 0.15) is 0 Å². The van der Waals surface area contributed by atoms with Crippen molar-refractivity contribution in [3.8, 4) is 0 Å². The molecule has 2 aromatic carbocycles. The van der Waals surface area contributed by atoms with Gasteiger partial charge in [0.25, 0.3) is 0 Å². The number of fused-ring (bicyclic) bond motifs is 1. The molecule has 0 spiro atoms. The van der Waals surface area contributed by atoms with Crippen molar-refractivity contribution < 1.29 is 9.21 Å². The van der Waals surface area contributed by atoms with Gasteiger partial charge in [0.15, 0.2) is 5.58 Å². The van der Waals surface area contributed by atoms with Crippen LogP contribution < -0.4 is 17.2 Å². The molecule has 21 heavy (non-hydrogen) atoms. The van der Waals surface area contributed by atoms with E-state index in [0.717, 1.165) is 0 Å². The largest absolute Gasteiger partial charge is 0.420 e.